The lowest BCUT2D eigenvalue weighted by Gasteiger charge is -2.28. The number of hydrogen-bond acceptors (Lipinski definition) is 8. The molecular weight excluding hydrogens is 374 g/mol. The van der Waals surface area contributed by atoms with Crippen molar-refractivity contribution in [2.45, 2.75) is 12.1 Å². The fourth-order valence-electron chi connectivity index (χ4n) is 2.92. The molecule has 2 aliphatic rings. The van der Waals surface area contributed by atoms with E-state index in [4.69, 9.17) is 16.0 Å². The van der Waals surface area contributed by atoms with Crippen LogP contribution in [0.15, 0.2) is 6.20 Å². The molecule has 0 aromatic carbocycles. The van der Waals surface area contributed by atoms with Gasteiger partial charge in [-0.1, -0.05) is 0 Å². The second-order valence-electron chi connectivity index (χ2n) is 5.62. The highest BCUT2D eigenvalue weighted by atomic mass is 32.3. The number of primary amides is 1. The fraction of sp³-hybridized carbons (Fsp3) is 0.455. The van der Waals surface area contributed by atoms with Crippen LogP contribution in [0.3, 0.4) is 0 Å². The molecule has 1 saturated heterocycles. The monoisotopic (exact) mass is 389 g/mol. The van der Waals surface area contributed by atoms with E-state index in [1.165, 1.54) is 11.1 Å². The van der Waals surface area contributed by atoms with Gasteiger partial charge in [0.15, 0.2) is 0 Å². The van der Waals surface area contributed by atoms with Crippen LogP contribution in [0, 0.1) is 0 Å². The third kappa shape index (κ3) is 2.75. The van der Waals surface area contributed by atoms with Crippen LogP contribution >= 0.6 is 0 Å². The molecule has 5 N–H and O–H groups in total. The number of urea groups is 2. The standard InChI is InChI=1S/C11H15N7O7S/c1-15(9(13)19)10(20)17-3-5-7-4-16(6(2-12)8(5)14-17)11(21)18(7)25-26(22,23)24/h3,6-7H,2,4,12H2,1H3,(H2,13,19)(H,22,23,24). The molecule has 0 saturated carbocycles. The number of carbonyl (C=O) groups excluding carboxylic acids is 3. The summed E-state index contributed by atoms with van der Waals surface area (Å²) >= 11 is 0. The first-order chi connectivity index (χ1) is 12.0. The predicted octanol–water partition coefficient (Wildman–Crippen LogP) is -1.61. The Balaban J connectivity index is 2.04. The number of hydroxylamine groups is 2. The number of carbonyl (C=O) groups is 3. The second kappa shape index (κ2) is 5.90. The Labute approximate surface area is 146 Å². The number of rotatable bonds is 3. The Hall–Kier alpha value is -2.75. The van der Waals surface area contributed by atoms with Gasteiger partial charge in [0.25, 0.3) is 0 Å². The Morgan fingerprint density at radius 1 is 1.50 bits per heavy atom. The summed E-state index contributed by atoms with van der Waals surface area (Å²) < 4.78 is 36.1. The van der Waals surface area contributed by atoms with Crippen LogP contribution in [0.5, 0.6) is 0 Å². The average molecular weight is 389 g/mol. The summed E-state index contributed by atoms with van der Waals surface area (Å²) in [7, 11) is -3.80. The van der Waals surface area contributed by atoms with Crippen LogP contribution in [0.1, 0.15) is 23.3 Å². The van der Waals surface area contributed by atoms with E-state index in [1.54, 1.807) is 0 Å². The van der Waals surface area contributed by atoms with E-state index >= 15 is 0 Å². The van der Waals surface area contributed by atoms with E-state index in [1.807, 2.05) is 0 Å². The molecule has 3 rings (SSSR count). The molecule has 2 bridgehead atoms. The summed E-state index contributed by atoms with van der Waals surface area (Å²) in [6.45, 7) is -0.0587. The zero-order chi connectivity index (χ0) is 19.4. The van der Waals surface area contributed by atoms with Gasteiger partial charge < -0.3 is 16.4 Å². The number of amides is 5. The van der Waals surface area contributed by atoms with Crippen LogP contribution < -0.4 is 11.5 Å². The third-order valence-corrected chi connectivity index (χ3v) is 4.47. The van der Waals surface area contributed by atoms with Crippen molar-refractivity contribution in [1.82, 2.24) is 24.6 Å². The lowest BCUT2D eigenvalue weighted by atomic mass is 9.98. The molecule has 3 heterocycles. The van der Waals surface area contributed by atoms with E-state index in [2.05, 4.69) is 9.38 Å². The average Bonchev–Trinajstić information content (AvgIpc) is 3.10. The number of imide groups is 1. The van der Waals surface area contributed by atoms with E-state index < -0.39 is 40.6 Å². The van der Waals surface area contributed by atoms with Crippen molar-refractivity contribution in [3.05, 3.63) is 17.5 Å². The molecule has 2 atom stereocenters. The summed E-state index contributed by atoms with van der Waals surface area (Å²) in [6.07, 6.45) is 1.22. The van der Waals surface area contributed by atoms with Gasteiger partial charge in [0.1, 0.15) is 6.04 Å². The second-order valence-corrected chi connectivity index (χ2v) is 6.63. The lowest BCUT2D eigenvalue weighted by molar-refractivity contribution is -0.0317. The minimum Gasteiger partial charge on any atom is -0.351 e. The zero-order valence-corrected chi connectivity index (χ0v) is 14.2. The maximum Gasteiger partial charge on any atom is 0.418 e. The van der Waals surface area contributed by atoms with Gasteiger partial charge in [-0.05, 0) is 0 Å². The Morgan fingerprint density at radius 3 is 2.69 bits per heavy atom. The van der Waals surface area contributed by atoms with E-state index in [9.17, 15) is 22.8 Å². The molecule has 26 heavy (non-hydrogen) atoms. The van der Waals surface area contributed by atoms with Crippen LogP contribution in [0.4, 0.5) is 14.4 Å². The summed E-state index contributed by atoms with van der Waals surface area (Å²) in [5.41, 5.74) is 11.3. The van der Waals surface area contributed by atoms with Gasteiger partial charge >= 0.3 is 28.5 Å². The number of aromatic nitrogens is 2. The Morgan fingerprint density at radius 2 is 2.15 bits per heavy atom. The fourth-order valence-corrected chi connectivity index (χ4v) is 3.29. The Bertz CT molecular complexity index is 897. The van der Waals surface area contributed by atoms with Crippen LogP contribution in [0.25, 0.3) is 0 Å². The van der Waals surface area contributed by atoms with Gasteiger partial charge in [0, 0.05) is 25.4 Å². The summed E-state index contributed by atoms with van der Waals surface area (Å²) in [6, 6.07) is -4.40. The van der Waals surface area contributed by atoms with Crippen LogP contribution in [0.2, 0.25) is 0 Å². The molecule has 14 nitrogen and oxygen atoms in total. The normalized spacial score (nSPS) is 21.7. The summed E-state index contributed by atoms with van der Waals surface area (Å²) in [5.74, 6) is 0. The van der Waals surface area contributed by atoms with E-state index in [0.29, 0.717) is 9.96 Å². The maximum atomic E-state index is 12.3. The minimum atomic E-state index is -4.96. The van der Waals surface area contributed by atoms with Crippen molar-refractivity contribution in [3.63, 3.8) is 0 Å². The van der Waals surface area contributed by atoms with Crippen molar-refractivity contribution in [2.24, 2.45) is 11.5 Å². The predicted molar refractivity (Wildman–Crippen MR) is 81.5 cm³/mol. The van der Waals surface area contributed by atoms with Crippen molar-refractivity contribution >= 4 is 28.5 Å². The summed E-state index contributed by atoms with van der Waals surface area (Å²) in [5, 5.41) is 4.53. The molecular formula is C11H15N7O7S. The molecule has 2 aliphatic heterocycles. The van der Waals surface area contributed by atoms with Gasteiger partial charge in [0.05, 0.1) is 18.3 Å². The third-order valence-electron chi connectivity index (χ3n) is 4.12. The first-order valence-electron chi connectivity index (χ1n) is 7.19. The molecule has 5 amide bonds. The molecule has 1 fully saturated rings. The first-order valence-corrected chi connectivity index (χ1v) is 8.55. The molecule has 0 radical (unpaired) electrons. The highest BCUT2D eigenvalue weighted by Crippen LogP contribution is 2.43. The van der Waals surface area contributed by atoms with E-state index in [0.717, 1.165) is 11.7 Å². The minimum absolute atomic E-state index is 0.00869. The number of nitrogens with zero attached hydrogens (tertiary/aromatic N) is 5. The van der Waals surface area contributed by atoms with Gasteiger partial charge in [-0.15, -0.1) is 4.28 Å². The maximum absolute atomic E-state index is 12.3. The molecule has 0 aliphatic carbocycles. The zero-order valence-electron chi connectivity index (χ0n) is 13.3. The lowest BCUT2D eigenvalue weighted by Crippen LogP contribution is -2.40. The van der Waals surface area contributed by atoms with E-state index in [-0.39, 0.29) is 24.3 Å². The highest BCUT2D eigenvalue weighted by molar-refractivity contribution is 7.80. The smallest absolute Gasteiger partial charge is 0.351 e. The highest BCUT2D eigenvalue weighted by Gasteiger charge is 2.51. The number of fused-ring (bicyclic) bond motifs is 4. The van der Waals surface area contributed by atoms with Crippen molar-refractivity contribution < 1.29 is 31.6 Å². The SMILES string of the molecule is CN(C(N)=O)C(=O)n1cc2c(n1)C(CN)N1CC2N(OS(=O)(=O)O)C1=O. The van der Waals surface area contributed by atoms with Crippen molar-refractivity contribution in [1.29, 1.82) is 0 Å². The Kier molecular flexibility index (Phi) is 4.10. The molecule has 2 unspecified atom stereocenters. The number of nitrogens with two attached hydrogens (primary N) is 2. The van der Waals surface area contributed by atoms with Gasteiger partial charge in [-0.2, -0.15) is 23.3 Å². The molecule has 15 heteroatoms. The van der Waals surface area contributed by atoms with Crippen molar-refractivity contribution in [3.8, 4) is 0 Å². The first kappa shape index (κ1) is 18.1. The number of hydrogen-bond donors (Lipinski definition) is 3. The van der Waals surface area contributed by atoms with Crippen LogP contribution in [-0.4, -0.2) is 75.8 Å². The molecule has 0 spiro atoms. The molecule has 1 aromatic heterocycles. The quantitative estimate of drug-likeness (QED) is 0.509. The van der Waals surface area contributed by atoms with Gasteiger partial charge in [-0.25, -0.2) is 19.3 Å². The largest absolute Gasteiger partial charge is 0.418 e. The van der Waals surface area contributed by atoms with Crippen LogP contribution in [-0.2, 0) is 14.7 Å². The summed E-state index contributed by atoms with van der Waals surface area (Å²) in [4.78, 5) is 37.5. The molecule has 1 aromatic rings. The van der Waals surface area contributed by atoms with Gasteiger partial charge in [0.2, 0.25) is 0 Å². The topological polar surface area (TPSA) is 194 Å². The molecule has 142 valence electrons. The van der Waals surface area contributed by atoms with Gasteiger partial charge in [-0.3, -0.25) is 4.55 Å². The van der Waals surface area contributed by atoms with Crippen molar-refractivity contribution in [2.75, 3.05) is 20.1 Å².